The molecular weight excluding hydrogens is 218 g/mol. The third-order valence-electron chi connectivity index (χ3n) is 3.88. The van der Waals surface area contributed by atoms with Gasteiger partial charge in [0.25, 0.3) is 0 Å². The van der Waals surface area contributed by atoms with Gasteiger partial charge in [0, 0.05) is 25.7 Å². The summed E-state index contributed by atoms with van der Waals surface area (Å²) < 4.78 is 5.28. The Kier molecular flexibility index (Phi) is 4.80. The summed E-state index contributed by atoms with van der Waals surface area (Å²) in [6.07, 6.45) is 5.99. The molecule has 2 fully saturated rings. The van der Waals surface area contributed by atoms with Crippen LogP contribution in [0.5, 0.6) is 0 Å². The van der Waals surface area contributed by atoms with Crippen molar-refractivity contribution < 1.29 is 14.6 Å². The fourth-order valence-electron chi connectivity index (χ4n) is 2.72. The second-order valence-corrected chi connectivity index (χ2v) is 5.33. The predicted octanol–water partition coefficient (Wildman–Crippen LogP) is 1.22. The number of amides is 1. The molecule has 0 spiro atoms. The first kappa shape index (κ1) is 12.8. The largest absolute Gasteiger partial charge is 0.393 e. The van der Waals surface area contributed by atoms with E-state index >= 15 is 0 Å². The van der Waals surface area contributed by atoms with Gasteiger partial charge in [0.2, 0.25) is 5.91 Å². The number of carbonyl (C=O) groups is 1. The van der Waals surface area contributed by atoms with E-state index in [9.17, 15) is 9.90 Å². The maximum Gasteiger partial charge on any atom is 0.220 e. The molecule has 0 aromatic heterocycles. The van der Waals surface area contributed by atoms with E-state index in [4.69, 9.17) is 4.74 Å². The van der Waals surface area contributed by atoms with Crippen molar-refractivity contribution in [3.63, 3.8) is 0 Å². The highest BCUT2D eigenvalue weighted by Crippen LogP contribution is 2.21. The number of rotatable bonds is 3. The minimum Gasteiger partial charge on any atom is -0.393 e. The van der Waals surface area contributed by atoms with Crippen molar-refractivity contribution in [2.45, 2.75) is 57.1 Å². The van der Waals surface area contributed by atoms with Crippen molar-refractivity contribution in [2.24, 2.45) is 5.92 Å². The molecule has 2 aliphatic rings. The highest BCUT2D eigenvalue weighted by molar-refractivity contribution is 5.76. The van der Waals surface area contributed by atoms with Crippen LogP contribution in [0.2, 0.25) is 0 Å². The molecule has 0 radical (unpaired) electrons. The summed E-state index contributed by atoms with van der Waals surface area (Å²) in [5, 5.41) is 12.5. The first-order chi connectivity index (χ1) is 8.24. The maximum atomic E-state index is 11.8. The number of nitrogens with one attached hydrogen (secondary N) is 1. The first-order valence-corrected chi connectivity index (χ1v) is 6.79. The zero-order valence-corrected chi connectivity index (χ0v) is 10.4. The van der Waals surface area contributed by atoms with Crippen molar-refractivity contribution in [3.05, 3.63) is 0 Å². The number of aliphatic hydroxyl groups is 1. The molecule has 2 N–H and O–H groups in total. The molecule has 98 valence electrons. The first-order valence-electron chi connectivity index (χ1n) is 6.79. The van der Waals surface area contributed by atoms with E-state index in [0.717, 1.165) is 51.7 Å². The van der Waals surface area contributed by atoms with Crippen LogP contribution < -0.4 is 5.32 Å². The lowest BCUT2D eigenvalue weighted by Gasteiger charge is -2.27. The fourth-order valence-corrected chi connectivity index (χ4v) is 2.72. The fraction of sp³-hybridized carbons (Fsp3) is 0.923. The molecule has 1 saturated heterocycles. The van der Waals surface area contributed by atoms with Gasteiger partial charge in [-0.1, -0.05) is 0 Å². The van der Waals surface area contributed by atoms with Gasteiger partial charge in [-0.05, 0) is 44.4 Å². The summed E-state index contributed by atoms with van der Waals surface area (Å²) >= 11 is 0. The Balaban J connectivity index is 1.66. The van der Waals surface area contributed by atoms with E-state index in [1.165, 1.54) is 0 Å². The summed E-state index contributed by atoms with van der Waals surface area (Å²) in [5.41, 5.74) is 0. The van der Waals surface area contributed by atoms with Gasteiger partial charge < -0.3 is 15.2 Å². The molecule has 1 aliphatic heterocycles. The molecule has 1 amide bonds. The molecule has 4 heteroatoms. The molecule has 17 heavy (non-hydrogen) atoms. The highest BCUT2D eigenvalue weighted by atomic mass is 16.5. The van der Waals surface area contributed by atoms with Crippen LogP contribution in [0.4, 0.5) is 0 Å². The van der Waals surface area contributed by atoms with Crippen LogP contribution >= 0.6 is 0 Å². The predicted molar refractivity (Wildman–Crippen MR) is 64.6 cm³/mol. The topological polar surface area (TPSA) is 58.6 Å². The van der Waals surface area contributed by atoms with E-state index in [-0.39, 0.29) is 18.1 Å². The Morgan fingerprint density at radius 1 is 1.12 bits per heavy atom. The van der Waals surface area contributed by atoms with Crippen molar-refractivity contribution in [1.29, 1.82) is 0 Å². The standard InChI is InChI=1S/C13H23NO3/c15-12-3-1-11(2-4-12)14-13(16)9-10-5-7-17-8-6-10/h10-12,15H,1-9H2,(H,14,16). The molecule has 1 heterocycles. The Hall–Kier alpha value is -0.610. The Morgan fingerprint density at radius 2 is 1.76 bits per heavy atom. The summed E-state index contributed by atoms with van der Waals surface area (Å²) in [5.74, 6) is 0.677. The van der Waals surface area contributed by atoms with Gasteiger partial charge in [0.15, 0.2) is 0 Å². The number of carbonyl (C=O) groups excluding carboxylic acids is 1. The Labute approximate surface area is 103 Å². The Morgan fingerprint density at radius 3 is 2.41 bits per heavy atom. The molecule has 0 bridgehead atoms. The summed E-state index contributed by atoms with van der Waals surface area (Å²) in [6, 6.07) is 0.283. The monoisotopic (exact) mass is 241 g/mol. The molecule has 0 aromatic rings. The van der Waals surface area contributed by atoms with Crippen LogP contribution in [-0.4, -0.2) is 36.4 Å². The number of hydrogen-bond acceptors (Lipinski definition) is 3. The Bertz CT molecular complexity index is 243. The lowest BCUT2D eigenvalue weighted by Crippen LogP contribution is -2.39. The van der Waals surface area contributed by atoms with E-state index in [1.807, 2.05) is 0 Å². The second kappa shape index (κ2) is 6.36. The molecule has 0 unspecified atom stereocenters. The van der Waals surface area contributed by atoms with Crippen molar-refractivity contribution >= 4 is 5.91 Å². The quantitative estimate of drug-likeness (QED) is 0.781. The van der Waals surface area contributed by atoms with Crippen LogP contribution in [0.1, 0.15) is 44.9 Å². The summed E-state index contributed by atoms with van der Waals surface area (Å²) in [6.45, 7) is 1.60. The zero-order chi connectivity index (χ0) is 12.1. The number of aliphatic hydroxyl groups excluding tert-OH is 1. The molecule has 0 atom stereocenters. The van der Waals surface area contributed by atoms with E-state index < -0.39 is 0 Å². The molecule has 0 aromatic carbocycles. The third-order valence-corrected chi connectivity index (χ3v) is 3.88. The third kappa shape index (κ3) is 4.28. The highest BCUT2D eigenvalue weighted by Gasteiger charge is 2.22. The average Bonchev–Trinajstić information content (AvgIpc) is 2.33. The van der Waals surface area contributed by atoms with Crippen LogP contribution in [-0.2, 0) is 9.53 Å². The zero-order valence-electron chi connectivity index (χ0n) is 10.4. The molecule has 4 nitrogen and oxygen atoms in total. The van der Waals surface area contributed by atoms with Crippen LogP contribution in [0.25, 0.3) is 0 Å². The van der Waals surface area contributed by atoms with E-state index in [0.29, 0.717) is 12.3 Å². The molecule has 2 rings (SSSR count). The van der Waals surface area contributed by atoms with Crippen molar-refractivity contribution in [3.8, 4) is 0 Å². The lowest BCUT2D eigenvalue weighted by molar-refractivity contribution is -0.123. The van der Waals surface area contributed by atoms with E-state index in [1.54, 1.807) is 0 Å². The number of ether oxygens (including phenoxy) is 1. The molecule has 1 aliphatic carbocycles. The van der Waals surface area contributed by atoms with Crippen LogP contribution in [0, 0.1) is 5.92 Å². The van der Waals surface area contributed by atoms with Gasteiger partial charge in [-0.25, -0.2) is 0 Å². The van der Waals surface area contributed by atoms with Crippen molar-refractivity contribution in [1.82, 2.24) is 5.32 Å². The number of hydrogen-bond donors (Lipinski definition) is 2. The smallest absolute Gasteiger partial charge is 0.220 e. The minimum atomic E-state index is -0.154. The lowest BCUT2D eigenvalue weighted by atomic mass is 9.92. The normalized spacial score (nSPS) is 31.1. The van der Waals surface area contributed by atoms with Gasteiger partial charge in [-0.3, -0.25) is 4.79 Å². The van der Waals surface area contributed by atoms with Gasteiger partial charge in [-0.15, -0.1) is 0 Å². The van der Waals surface area contributed by atoms with Gasteiger partial charge in [0.1, 0.15) is 0 Å². The van der Waals surface area contributed by atoms with Gasteiger partial charge in [0.05, 0.1) is 6.10 Å². The maximum absolute atomic E-state index is 11.8. The summed E-state index contributed by atoms with van der Waals surface area (Å²) in [7, 11) is 0. The molecular formula is C13H23NO3. The SMILES string of the molecule is O=C(CC1CCOCC1)NC1CCC(O)CC1. The minimum absolute atomic E-state index is 0.154. The second-order valence-electron chi connectivity index (χ2n) is 5.33. The van der Waals surface area contributed by atoms with Crippen molar-refractivity contribution in [2.75, 3.05) is 13.2 Å². The molecule has 1 saturated carbocycles. The van der Waals surface area contributed by atoms with Gasteiger partial charge in [-0.2, -0.15) is 0 Å². The van der Waals surface area contributed by atoms with Gasteiger partial charge >= 0.3 is 0 Å². The average molecular weight is 241 g/mol. The van der Waals surface area contributed by atoms with Crippen LogP contribution in [0.3, 0.4) is 0 Å². The summed E-state index contributed by atoms with van der Waals surface area (Å²) in [4.78, 5) is 11.8. The van der Waals surface area contributed by atoms with Crippen LogP contribution in [0.15, 0.2) is 0 Å². The van der Waals surface area contributed by atoms with E-state index in [2.05, 4.69) is 5.32 Å².